The SMILES string of the molecule is O=C(CN1CCN(c2ccc(F)cc2)CC1)N/N=C\c1ccc([N+](=O)[O-])o1. The van der Waals surface area contributed by atoms with E-state index in [1.807, 2.05) is 4.90 Å². The van der Waals surface area contributed by atoms with Gasteiger partial charge in [-0.2, -0.15) is 5.10 Å². The Morgan fingerprint density at radius 3 is 2.56 bits per heavy atom. The maximum atomic E-state index is 13.0. The number of hydrogen-bond acceptors (Lipinski definition) is 7. The lowest BCUT2D eigenvalue weighted by molar-refractivity contribution is -0.402. The highest BCUT2D eigenvalue weighted by atomic mass is 19.1. The van der Waals surface area contributed by atoms with E-state index in [9.17, 15) is 19.3 Å². The molecule has 10 heteroatoms. The Hall–Kier alpha value is -3.27. The van der Waals surface area contributed by atoms with Gasteiger partial charge in [0.05, 0.1) is 18.8 Å². The van der Waals surface area contributed by atoms with Gasteiger partial charge in [0, 0.05) is 31.9 Å². The summed E-state index contributed by atoms with van der Waals surface area (Å²) in [4.78, 5) is 25.9. The lowest BCUT2D eigenvalue weighted by Gasteiger charge is -2.35. The van der Waals surface area contributed by atoms with E-state index in [2.05, 4.69) is 15.4 Å². The number of furan rings is 1. The molecule has 2 aromatic rings. The summed E-state index contributed by atoms with van der Waals surface area (Å²) < 4.78 is 17.9. The van der Waals surface area contributed by atoms with Crippen LogP contribution in [-0.2, 0) is 4.79 Å². The number of nitrogens with one attached hydrogen (secondary N) is 1. The van der Waals surface area contributed by atoms with Gasteiger partial charge >= 0.3 is 5.88 Å². The molecule has 3 rings (SSSR count). The summed E-state index contributed by atoms with van der Waals surface area (Å²) in [6.07, 6.45) is 1.21. The van der Waals surface area contributed by atoms with Gasteiger partial charge in [0.2, 0.25) is 0 Å². The summed E-state index contributed by atoms with van der Waals surface area (Å²) in [7, 11) is 0. The van der Waals surface area contributed by atoms with Crippen LogP contribution in [-0.4, -0.2) is 54.7 Å². The Bertz CT molecular complexity index is 828. The number of anilines is 1. The molecular formula is C17H18FN5O4. The average molecular weight is 375 g/mol. The van der Waals surface area contributed by atoms with Crippen molar-refractivity contribution in [2.45, 2.75) is 0 Å². The normalized spacial score (nSPS) is 15.2. The molecule has 2 heterocycles. The fourth-order valence-electron chi connectivity index (χ4n) is 2.73. The van der Waals surface area contributed by atoms with Crippen LogP contribution in [0.3, 0.4) is 0 Å². The molecule has 1 aliphatic rings. The second kappa shape index (κ2) is 8.41. The van der Waals surface area contributed by atoms with Crippen LogP contribution in [0.1, 0.15) is 5.76 Å². The molecule has 142 valence electrons. The maximum absolute atomic E-state index is 13.0. The molecule has 0 atom stereocenters. The Kier molecular flexibility index (Phi) is 5.77. The first kappa shape index (κ1) is 18.5. The van der Waals surface area contributed by atoms with Gasteiger partial charge in [0.1, 0.15) is 10.7 Å². The number of nitrogens with zero attached hydrogens (tertiary/aromatic N) is 4. The summed E-state index contributed by atoms with van der Waals surface area (Å²) in [6.45, 7) is 3.04. The minimum atomic E-state index is -0.651. The second-order valence-corrected chi connectivity index (χ2v) is 5.97. The van der Waals surface area contributed by atoms with Crippen molar-refractivity contribution in [2.24, 2.45) is 5.10 Å². The van der Waals surface area contributed by atoms with E-state index in [0.29, 0.717) is 13.1 Å². The molecule has 9 nitrogen and oxygen atoms in total. The van der Waals surface area contributed by atoms with Crippen molar-refractivity contribution in [3.63, 3.8) is 0 Å². The summed E-state index contributed by atoms with van der Waals surface area (Å²) in [6, 6.07) is 8.95. The van der Waals surface area contributed by atoms with E-state index in [0.717, 1.165) is 18.8 Å². The molecule has 0 spiro atoms. The van der Waals surface area contributed by atoms with Crippen LogP contribution in [0.15, 0.2) is 45.9 Å². The highest BCUT2D eigenvalue weighted by molar-refractivity contribution is 5.81. The molecular weight excluding hydrogens is 357 g/mol. The van der Waals surface area contributed by atoms with Crippen LogP contribution in [0.5, 0.6) is 0 Å². The lowest BCUT2D eigenvalue weighted by atomic mass is 10.2. The number of nitro groups is 1. The molecule has 1 aromatic heterocycles. The van der Waals surface area contributed by atoms with Crippen LogP contribution < -0.4 is 10.3 Å². The fourth-order valence-corrected chi connectivity index (χ4v) is 2.73. The van der Waals surface area contributed by atoms with Gasteiger partial charge in [-0.05, 0) is 30.3 Å². The Morgan fingerprint density at radius 2 is 1.93 bits per heavy atom. The van der Waals surface area contributed by atoms with E-state index in [1.165, 1.54) is 30.5 Å². The first-order chi connectivity index (χ1) is 13.0. The number of halogens is 1. The van der Waals surface area contributed by atoms with Gasteiger partial charge in [-0.15, -0.1) is 0 Å². The average Bonchev–Trinajstić information content (AvgIpc) is 3.12. The van der Waals surface area contributed by atoms with E-state index < -0.39 is 4.92 Å². The van der Waals surface area contributed by atoms with E-state index in [1.54, 1.807) is 12.1 Å². The standard InChI is InChI=1S/C17H18FN5O4/c18-13-1-3-14(4-2-13)22-9-7-21(8-10-22)12-16(24)20-19-11-15-5-6-17(27-15)23(25)26/h1-6,11H,7-10,12H2,(H,20,24)/b19-11-. The van der Waals surface area contributed by atoms with Crippen LogP contribution in [0, 0.1) is 15.9 Å². The van der Waals surface area contributed by atoms with Crippen molar-refractivity contribution in [3.8, 4) is 0 Å². The van der Waals surface area contributed by atoms with Gasteiger partial charge in [0.25, 0.3) is 5.91 Å². The zero-order valence-corrected chi connectivity index (χ0v) is 14.4. The van der Waals surface area contributed by atoms with E-state index in [4.69, 9.17) is 4.42 Å². The highest BCUT2D eigenvalue weighted by Gasteiger charge is 2.19. The number of hydrogen-bond donors (Lipinski definition) is 1. The molecule has 1 saturated heterocycles. The van der Waals surface area contributed by atoms with Gasteiger partial charge in [-0.25, -0.2) is 9.82 Å². The van der Waals surface area contributed by atoms with Crippen LogP contribution in [0.4, 0.5) is 16.0 Å². The first-order valence-electron chi connectivity index (χ1n) is 8.30. The number of hydrazone groups is 1. The third-order valence-corrected chi connectivity index (χ3v) is 4.10. The third kappa shape index (κ3) is 5.11. The maximum Gasteiger partial charge on any atom is 0.433 e. The minimum absolute atomic E-state index is 0.176. The molecule has 0 unspecified atom stereocenters. The van der Waals surface area contributed by atoms with Gasteiger partial charge in [0.15, 0.2) is 5.76 Å². The third-order valence-electron chi connectivity index (χ3n) is 4.10. The smallest absolute Gasteiger partial charge is 0.400 e. The van der Waals surface area contributed by atoms with E-state index >= 15 is 0 Å². The quantitative estimate of drug-likeness (QED) is 0.467. The zero-order valence-electron chi connectivity index (χ0n) is 14.4. The van der Waals surface area contributed by atoms with E-state index in [-0.39, 0.29) is 29.9 Å². The van der Waals surface area contributed by atoms with Gasteiger partial charge in [-0.1, -0.05) is 0 Å². The predicted molar refractivity (Wildman–Crippen MR) is 96.2 cm³/mol. The minimum Gasteiger partial charge on any atom is -0.400 e. The van der Waals surface area contributed by atoms with Gasteiger partial charge in [-0.3, -0.25) is 19.8 Å². The van der Waals surface area contributed by atoms with Crippen molar-refractivity contribution < 1.29 is 18.5 Å². The molecule has 0 aliphatic carbocycles. The molecule has 0 bridgehead atoms. The van der Waals surface area contributed by atoms with Crippen molar-refractivity contribution in [3.05, 3.63) is 58.1 Å². The number of carbonyl (C=O) groups excluding carboxylic acids is 1. The Morgan fingerprint density at radius 1 is 1.22 bits per heavy atom. The zero-order chi connectivity index (χ0) is 19.2. The number of rotatable bonds is 6. The van der Waals surface area contributed by atoms with Crippen LogP contribution in [0.25, 0.3) is 0 Å². The predicted octanol–water partition coefficient (Wildman–Crippen LogP) is 1.60. The Labute approximate surface area is 154 Å². The summed E-state index contributed by atoms with van der Waals surface area (Å²) >= 11 is 0. The monoisotopic (exact) mass is 375 g/mol. The molecule has 1 amide bonds. The number of carbonyl (C=O) groups is 1. The summed E-state index contributed by atoms with van der Waals surface area (Å²) in [5.74, 6) is -0.766. The second-order valence-electron chi connectivity index (χ2n) is 5.97. The largest absolute Gasteiger partial charge is 0.433 e. The highest BCUT2D eigenvalue weighted by Crippen LogP contribution is 2.17. The van der Waals surface area contributed by atoms with Gasteiger partial charge < -0.3 is 9.32 Å². The number of piperazine rings is 1. The van der Waals surface area contributed by atoms with Crippen LogP contribution in [0.2, 0.25) is 0 Å². The molecule has 1 aromatic carbocycles. The van der Waals surface area contributed by atoms with Crippen molar-refractivity contribution in [1.82, 2.24) is 10.3 Å². The Balaban J connectivity index is 1.41. The molecule has 0 radical (unpaired) electrons. The van der Waals surface area contributed by atoms with Crippen molar-refractivity contribution in [2.75, 3.05) is 37.6 Å². The molecule has 0 saturated carbocycles. The van der Waals surface area contributed by atoms with Crippen molar-refractivity contribution >= 4 is 23.7 Å². The van der Waals surface area contributed by atoms with Crippen molar-refractivity contribution in [1.29, 1.82) is 0 Å². The van der Waals surface area contributed by atoms with Crippen LogP contribution >= 0.6 is 0 Å². The molecule has 1 fully saturated rings. The number of benzene rings is 1. The summed E-state index contributed by atoms with van der Waals surface area (Å²) in [5, 5.41) is 14.3. The number of amides is 1. The summed E-state index contributed by atoms with van der Waals surface area (Å²) in [5.41, 5.74) is 3.33. The molecule has 27 heavy (non-hydrogen) atoms. The first-order valence-corrected chi connectivity index (χ1v) is 8.30. The molecule has 1 aliphatic heterocycles. The lowest BCUT2D eigenvalue weighted by Crippen LogP contribution is -2.49. The molecule has 1 N–H and O–H groups in total. The topological polar surface area (TPSA) is 104 Å². The fraction of sp³-hybridized carbons (Fsp3) is 0.294.